The maximum atomic E-state index is 12.3. The van der Waals surface area contributed by atoms with Gasteiger partial charge in [-0.05, 0) is 48.6 Å². The molecule has 5 nitrogen and oxygen atoms in total. The number of thioether (sulfide) groups is 1. The Hall–Kier alpha value is -1.51. The van der Waals surface area contributed by atoms with Crippen molar-refractivity contribution in [1.82, 2.24) is 5.32 Å². The molecule has 1 aromatic heterocycles. The second kappa shape index (κ2) is 8.02. The van der Waals surface area contributed by atoms with Crippen molar-refractivity contribution in [3.63, 3.8) is 0 Å². The van der Waals surface area contributed by atoms with Crippen LogP contribution in [0.3, 0.4) is 0 Å². The molecule has 1 aromatic carbocycles. The number of nitrogens with zero attached hydrogens (tertiary/aromatic N) is 1. The van der Waals surface area contributed by atoms with E-state index in [2.05, 4.69) is 16.8 Å². The molecule has 1 amide bonds. The average Bonchev–Trinajstić information content (AvgIpc) is 3.19. The number of rotatable bonds is 7. The quantitative estimate of drug-likeness (QED) is 0.712. The molecule has 3 rings (SSSR count). The normalized spacial score (nSPS) is 16.5. The van der Waals surface area contributed by atoms with Gasteiger partial charge in [-0.25, -0.2) is 8.42 Å². The third-order valence-electron chi connectivity index (χ3n) is 4.21. The molecule has 1 aliphatic heterocycles. The fraction of sp³-hybridized carbons (Fsp3) is 0.389. The average molecular weight is 411 g/mol. The number of sulfonamides is 1. The number of thiophene rings is 1. The molecule has 2 aromatic rings. The van der Waals surface area contributed by atoms with Crippen LogP contribution in [0, 0.1) is 0 Å². The van der Waals surface area contributed by atoms with Crippen LogP contribution in [-0.2, 0) is 22.2 Å². The Morgan fingerprint density at radius 1 is 1.38 bits per heavy atom. The van der Waals surface area contributed by atoms with Gasteiger partial charge in [0, 0.05) is 34.5 Å². The first kappa shape index (κ1) is 19.3. The first-order valence-corrected chi connectivity index (χ1v) is 12.2. The molecule has 0 radical (unpaired) electrons. The minimum absolute atomic E-state index is 0.116. The van der Waals surface area contributed by atoms with Gasteiger partial charge in [0.25, 0.3) is 5.91 Å². The highest BCUT2D eigenvalue weighted by molar-refractivity contribution is 7.98. The third-order valence-corrected chi connectivity index (χ3v) is 7.55. The summed E-state index contributed by atoms with van der Waals surface area (Å²) in [4.78, 5) is 13.7. The van der Waals surface area contributed by atoms with E-state index in [1.807, 2.05) is 19.1 Å². The van der Waals surface area contributed by atoms with Crippen LogP contribution < -0.4 is 9.62 Å². The molecule has 8 heteroatoms. The second-order valence-corrected chi connectivity index (χ2v) is 10.3. The number of carbonyl (C=O) groups is 1. The van der Waals surface area contributed by atoms with Crippen molar-refractivity contribution in [3.05, 3.63) is 51.7 Å². The molecule has 0 bridgehead atoms. The molecular formula is C18H22N2O3S3. The largest absolute Gasteiger partial charge is 0.351 e. The zero-order valence-electron chi connectivity index (χ0n) is 14.8. The van der Waals surface area contributed by atoms with Crippen molar-refractivity contribution in [3.8, 4) is 0 Å². The van der Waals surface area contributed by atoms with Gasteiger partial charge in [0.15, 0.2) is 0 Å². The lowest BCUT2D eigenvalue weighted by atomic mass is 10.1. The summed E-state index contributed by atoms with van der Waals surface area (Å²) in [7, 11) is -3.31. The summed E-state index contributed by atoms with van der Waals surface area (Å²) in [6, 6.07) is 9.28. The van der Waals surface area contributed by atoms with E-state index >= 15 is 0 Å². The zero-order valence-corrected chi connectivity index (χ0v) is 17.2. The maximum absolute atomic E-state index is 12.3. The number of nitrogens with one attached hydrogen (secondary N) is 1. The minimum atomic E-state index is -3.31. The first-order valence-electron chi connectivity index (χ1n) is 8.37. The van der Waals surface area contributed by atoms with E-state index in [0.717, 1.165) is 17.1 Å². The smallest absolute Gasteiger partial charge is 0.251 e. The van der Waals surface area contributed by atoms with Crippen LogP contribution in [0.4, 0.5) is 5.69 Å². The predicted octanol–water partition coefficient (Wildman–Crippen LogP) is 3.12. The minimum Gasteiger partial charge on any atom is -0.351 e. The lowest BCUT2D eigenvalue weighted by Gasteiger charge is -2.21. The highest BCUT2D eigenvalue weighted by Gasteiger charge is 2.32. The number of anilines is 1. The van der Waals surface area contributed by atoms with Crippen LogP contribution in [0.25, 0.3) is 0 Å². The van der Waals surface area contributed by atoms with Crippen LogP contribution in [0.5, 0.6) is 0 Å². The fourth-order valence-corrected chi connectivity index (χ4v) is 6.12. The molecule has 0 aliphatic carbocycles. The molecule has 1 N–H and O–H groups in total. The van der Waals surface area contributed by atoms with Gasteiger partial charge in [-0.15, -0.1) is 11.3 Å². The van der Waals surface area contributed by atoms with Gasteiger partial charge in [-0.1, -0.05) is 6.07 Å². The summed E-state index contributed by atoms with van der Waals surface area (Å²) < 4.78 is 25.4. The summed E-state index contributed by atoms with van der Waals surface area (Å²) in [6.45, 7) is 2.49. The molecule has 0 unspecified atom stereocenters. The molecule has 0 fully saturated rings. The molecule has 0 saturated carbocycles. The molecule has 0 spiro atoms. The van der Waals surface area contributed by atoms with Gasteiger partial charge >= 0.3 is 0 Å². The molecule has 1 aliphatic rings. The number of carbonyl (C=O) groups excluding carboxylic acids is 1. The predicted molar refractivity (Wildman–Crippen MR) is 110 cm³/mol. The van der Waals surface area contributed by atoms with Crippen LogP contribution in [0.2, 0.25) is 0 Å². The SMILES string of the molecule is C[C@@H]1Cc2cc(C(=O)NCCSCc3cccs3)ccc2N1S(C)(=O)=O. The Balaban J connectivity index is 1.55. The number of hydrogen-bond donors (Lipinski definition) is 1. The Morgan fingerprint density at radius 3 is 2.88 bits per heavy atom. The Labute approximate surface area is 162 Å². The van der Waals surface area contributed by atoms with Gasteiger partial charge in [0.1, 0.15) is 0 Å². The van der Waals surface area contributed by atoms with Crippen molar-refractivity contribution in [1.29, 1.82) is 0 Å². The topological polar surface area (TPSA) is 66.5 Å². The van der Waals surface area contributed by atoms with Crippen LogP contribution >= 0.6 is 23.1 Å². The van der Waals surface area contributed by atoms with E-state index in [-0.39, 0.29) is 11.9 Å². The van der Waals surface area contributed by atoms with Gasteiger partial charge in [-0.2, -0.15) is 11.8 Å². The lowest BCUT2D eigenvalue weighted by Crippen LogP contribution is -2.34. The molecular weight excluding hydrogens is 388 g/mol. The van der Waals surface area contributed by atoms with Crippen molar-refractivity contribution >= 4 is 44.7 Å². The van der Waals surface area contributed by atoms with E-state index in [1.54, 1.807) is 35.2 Å². The number of benzene rings is 1. The standard InChI is InChI=1S/C18H22N2O3S3/c1-13-10-15-11-14(5-6-17(15)20(13)26(2,22)23)18(21)19-7-9-24-12-16-4-3-8-25-16/h3-6,8,11,13H,7,9-10,12H2,1-2H3,(H,19,21)/t13-/m1/s1. The van der Waals surface area contributed by atoms with Crippen LogP contribution in [0.1, 0.15) is 27.7 Å². The highest BCUT2D eigenvalue weighted by Crippen LogP contribution is 2.34. The summed E-state index contributed by atoms with van der Waals surface area (Å²) in [5.74, 6) is 1.70. The number of amides is 1. The fourth-order valence-electron chi connectivity index (χ4n) is 3.16. The second-order valence-electron chi connectivity index (χ2n) is 6.34. The van der Waals surface area contributed by atoms with Gasteiger partial charge in [-0.3, -0.25) is 9.10 Å². The number of fused-ring (bicyclic) bond motifs is 1. The molecule has 2 heterocycles. The first-order chi connectivity index (χ1) is 12.4. The molecule has 140 valence electrons. The van der Waals surface area contributed by atoms with Crippen molar-refractivity contribution in [2.24, 2.45) is 0 Å². The monoisotopic (exact) mass is 410 g/mol. The van der Waals surface area contributed by atoms with Gasteiger partial charge < -0.3 is 5.32 Å². The van der Waals surface area contributed by atoms with Gasteiger partial charge in [0.2, 0.25) is 10.0 Å². The third kappa shape index (κ3) is 4.42. The van der Waals surface area contributed by atoms with Crippen LogP contribution in [0.15, 0.2) is 35.7 Å². The van der Waals surface area contributed by atoms with E-state index in [9.17, 15) is 13.2 Å². The van der Waals surface area contributed by atoms with Crippen molar-refractivity contribution < 1.29 is 13.2 Å². The summed E-state index contributed by atoms with van der Waals surface area (Å²) >= 11 is 3.54. The molecule has 0 saturated heterocycles. The zero-order chi connectivity index (χ0) is 18.7. The Bertz CT molecular complexity index is 879. The molecule has 26 heavy (non-hydrogen) atoms. The molecule has 1 atom stereocenters. The maximum Gasteiger partial charge on any atom is 0.251 e. The van der Waals surface area contributed by atoms with E-state index < -0.39 is 10.0 Å². The number of hydrogen-bond acceptors (Lipinski definition) is 5. The Kier molecular flexibility index (Phi) is 5.94. The summed E-state index contributed by atoms with van der Waals surface area (Å²) in [5.41, 5.74) is 2.17. The van der Waals surface area contributed by atoms with Gasteiger partial charge in [0.05, 0.1) is 11.9 Å². The Morgan fingerprint density at radius 2 is 2.19 bits per heavy atom. The van der Waals surface area contributed by atoms with Crippen LogP contribution in [-0.4, -0.2) is 38.9 Å². The van der Waals surface area contributed by atoms with Crippen molar-refractivity contribution in [2.45, 2.75) is 25.1 Å². The van der Waals surface area contributed by atoms with Crippen molar-refractivity contribution in [2.75, 3.05) is 22.9 Å². The van der Waals surface area contributed by atoms with E-state index in [0.29, 0.717) is 24.2 Å². The summed E-state index contributed by atoms with van der Waals surface area (Å²) in [5, 5.41) is 5.00. The lowest BCUT2D eigenvalue weighted by molar-refractivity contribution is 0.0956. The highest BCUT2D eigenvalue weighted by atomic mass is 32.2. The van der Waals surface area contributed by atoms with E-state index in [4.69, 9.17) is 0 Å². The van der Waals surface area contributed by atoms with E-state index in [1.165, 1.54) is 15.4 Å². The summed E-state index contributed by atoms with van der Waals surface area (Å²) in [6.07, 6.45) is 1.84.